The molecular formula is C21H15F3N4O. The number of carbonyl (C=O) groups excluding carboxylic acids is 1. The van der Waals surface area contributed by atoms with Gasteiger partial charge >= 0.3 is 6.18 Å². The largest absolute Gasteiger partial charge is 0.416 e. The Morgan fingerprint density at radius 3 is 2.41 bits per heavy atom. The molecule has 5 nitrogen and oxygen atoms in total. The number of nitrogens with zero attached hydrogens (tertiary/aromatic N) is 2. The van der Waals surface area contributed by atoms with Gasteiger partial charge in [0, 0.05) is 18.0 Å². The van der Waals surface area contributed by atoms with Gasteiger partial charge in [0.1, 0.15) is 0 Å². The van der Waals surface area contributed by atoms with Crippen molar-refractivity contribution in [3.8, 4) is 5.69 Å². The normalized spacial score (nSPS) is 11.6. The molecule has 4 aromatic rings. The minimum Gasteiger partial charge on any atom is -0.398 e. The van der Waals surface area contributed by atoms with Crippen molar-refractivity contribution in [2.45, 2.75) is 6.18 Å². The fraction of sp³-hybridized carbons (Fsp3) is 0.0476. The van der Waals surface area contributed by atoms with Crippen LogP contribution in [0.2, 0.25) is 0 Å². The molecule has 0 radical (unpaired) electrons. The second kappa shape index (κ2) is 6.97. The first kappa shape index (κ1) is 18.5. The minimum absolute atomic E-state index is 0.194. The molecule has 29 heavy (non-hydrogen) atoms. The Hall–Kier alpha value is -3.81. The van der Waals surface area contributed by atoms with Crippen LogP contribution in [0.3, 0.4) is 0 Å². The molecule has 0 fully saturated rings. The molecule has 1 aromatic heterocycles. The number of hydrogen-bond acceptors (Lipinski definition) is 3. The van der Waals surface area contributed by atoms with Crippen LogP contribution in [-0.2, 0) is 6.18 Å². The standard InChI is InChI=1S/C21H15F3N4O/c22-21(23,24)15-6-3-7-16(12-15)28-9-8-19(27-28)26-20(29)17-10-13-4-1-2-5-14(13)11-18(17)25/h1-12H,25H2,(H,26,27,29). The van der Waals surface area contributed by atoms with Crippen molar-refractivity contribution in [3.05, 3.63) is 84.1 Å². The predicted octanol–water partition coefficient (Wildman–Crippen LogP) is 4.88. The quantitative estimate of drug-likeness (QED) is 0.485. The van der Waals surface area contributed by atoms with Gasteiger partial charge in [0.05, 0.1) is 16.8 Å². The number of rotatable bonds is 3. The van der Waals surface area contributed by atoms with E-state index in [0.717, 1.165) is 22.9 Å². The molecular weight excluding hydrogens is 381 g/mol. The number of alkyl halides is 3. The van der Waals surface area contributed by atoms with Crippen LogP contribution in [0.5, 0.6) is 0 Å². The molecule has 0 aliphatic heterocycles. The van der Waals surface area contributed by atoms with Crippen molar-refractivity contribution >= 4 is 28.2 Å². The van der Waals surface area contributed by atoms with Crippen molar-refractivity contribution in [1.29, 1.82) is 0 Å². The van der Waals surface area contributed by atoms with Crippen LogP contribution in [0.1, 0.15) is 15.9 Å². The Bertz CT molecular complexity index is 1210. The third-order valence-corrected chi connectivity index (χ3v) is 4.43. The molecule has 1 amide bonds. The van der Waals surface area contributed by atoms with Crippen LogP contribution in [0.15, 0.2) is 72.9 Å². The van der Waals surface area contributed by atoms with E-state index < -0.39 is 17.6 Å². The van der Waals surface area contributed by atoms with Crippen LogP contribution in [0.25, 0.3) is 16.5 Å². The highest BCUT2D eigenvalue weighted by Crippen LogP contribution is 2.30. The average Bonchev–Trinajstić information content (AvgIpc) is 3.15. The highest BCUT2D eigenvalue weighted by molar-refractivity contribution is 6.10. The zero-order chi connectivity index (χ0) is 20.6. The van der Waals surface area contributed by atoms with Crippen molar-refractivity contribution in [1.82, 2.24) is 9.78 Å². The number of nitrogen functional groups attached to an aromatic ring is 1. The fourth-order valence-electron chi connectivity index (χ4n) is 3.00. The molecule has 3 N–H and O–H groups in total. The van der Waals surface area contributed by atoms with E-state index in [-0.39, 0.29) is 17.1 Å². The first-order valence-electron chi connectivity index (χ1n) is 8.64. The molecule has 0 aliphatic carbocycles. The van der Waals surface area contributed by atoms with Gasteiger partial charge in [0.25, 0.3) is 5.91 Å². The lowest BCUT2D eigenvalue weighted by Gasteiger charge is -2.09. The van der Waals surface area contributed by atoms with E-state index in [1.807, 2.05) is 24.3 Å². The zero-order valence-electron chi connectivity index (χ0n) is 14.9. The number of nitrogens with two attached hydrogens (primary N) is 1. The maximum absolute atomic E-state index is 12.9. The lowest BCUT2D eigenvalue weighted by atomic mass is 10.0. The summed E-state index contributed by atoms with van der Waals surface area (Å²) in [5, 5.41) is 8.54. The molecule has 0 bridgehead atoms. The van der Waals surface area contributed by atoms with Crippen LogP contribution in [0, 0.1) is 0 Å². The maximum atomic E-state index is 12.9. The predicted molar refractivity (Wildman–Crippen MR) is 105 cm³/mol. The lowest BCUT2D eigenvalue weighted by Crippen LogP contribution is -2.14. The summed E-state index contributed by atoms with van der Waals surface area (Å²) in [5.74, 6) is -0.262. The number of anilines is 2. The van der Waals surface area contributed by atoms with Gasteiger partial charge in [-0.05, 0) is 41.1 Å². The summed E-state index contributed by atoms with van der Waals surface area (Å²) >= 11 is 0. The highest BCUT2D eigenvalue weighted by atomic mass is 19.4. The molecule has 1 heterocycles. The SMILES string of the molecule is Nc1cc2ccccc2cc1C(=O)Nc1ccn(-c2cccc(C(F)(F)F)c2)n1. The van der Waals surface area contributed by atoms with E-state index in [0.29, 0.717) is 5.69 Å². The van der Waals surface area contributed by atoms with E-state index >= 15 is 0 Å². The van der Waals surface area contributed by atoms with Crippen LogP contribution in [-0.4, -0.2) is 15.7 Å². The minimum atomic E-state index is -4.45. The van der Waals surface area contributed by atoms with Gasteiger partial charge in [-0.2, -0.15) is 18.3 Å². The molecule has 0 unspecified atom stereocenters. The number of fused-ring (bicyclic) bond motifs is 1. The molecule has 3 aromatic carbocycles. The average molecular weight is 396 g/mol. The van der Waals surface area contributed by atoms with Crippen LogP contribution in [0.4, 0.5) is 24.7 Å². The number of benzene rings is 3. The second-order valence-corrected chi connectivity index (χ2v) is 6.43. The number of amides is 1. The van der Waals surface area contributed by atoms with E-state index in [9.17, 15) is 18.0 Å². The molecule has 0 saturated carbocycles. The second-order valence-electron chi connectivity index (χ2n) is 6.43. The van der Waals surface area contributed by atoms with E-state index in [1.165, 1.54) is 29.1 Å². The van der Waals surface area contributed by atoms with Crippen molar-refractivity contribution in [2.75, 3.05) is 11.1 Å². The molecule has 0 atom stereocenters. The molecule has 146 valence electrons. The summed E-state index contributed by atoms with van der Waals surface area (Å²) in [6.07, 6.45) is -2.98. The molecule has 0 spiro atoms. The number of aromatic nitrogens is 2. The summed E-state index contributed by atoms with van der Waals surface area (Å²) in [4.78, 5) is 12.6. The summed E-state index contributed by atoms with van der Waals surface area (Å²) < 4.78 is 40.0. The first-order valence-corrected chi connectivity index (χ1v) is 8.64. The summed E-state index contributed by atoms with van der Waals surface area (Å²) in [6.45, 7) is 0. The van der Waals surface area contributed by atoms with Gasteiger partial charge in [0.2, 0.25) is 0 Å². The Balaban J connectivity index is 1.58. The maximum Gasteiger partial charge on any atom is 0.416 e. The molecule has 0 saturated heterocycles. The van der Waals surface area contributed by atoms with E-state index in [4.69, 9.17) is 5.73 Å². The van der Waals surface area contributed by atoms with Gasteiger partial charge in [0.15, 0.2) is 5.82 Å². The van der Waals surface area contributed by atoms with Crippen molar-refractivity contribution < 1.29 is 18.0 Å². The lowest BCUT2D eigenvalue weighted by molar-refractivity contribution is -0.137. The van der Waals surface area contributed by atoms with E-state index in [2.05, 4.69) is 10.4 Å². The smallest absolute Gasteiger partial charge is 0.398 e. The topological polar surface area (TPSA) is 72.9 Å². The fourth-order valence-corrected chi connectivity index (χ4v) is 3.00. The Labute approximate surface area is 163 Å². The van der Waals surface area contributed by atoms with Gasteiger partial charge in [-0.1, -0.05) is 30.3 Å². The van der Waals surface area contributed by atoms with Crippen molar-refractivity contribution in [3.63, 3.8) is 0 Å². The Morgan fingerprint density at radius 1 is 0.966 bits per heavy atom. The van der Waals surface area contributed by atoms with E-state index in [1.54, 1.807) is 12.1 Å². The van der Waals surface area contributed by atoms with Crippen molar-refractivity contribution in [2.24, 2.45) is 0 Å². The number of halogens is 3. The Kier molecular flexibility index (Phi) is 4.46. The molecule has 8 heteroatoms. The molecule has 0 aliphatic rings. The third kappa shape index (κ3) is 3.77. The van der Waals surface area contributed by atoms with Gasteiger partial charge < -0.3 is 11.1 Å². The van der Waals surface area contributed by atoms with Gasteiger partial charge in [-0.15, -0.1) is 0 Å². The highest BCUT2D eigenvalue weighted by Gasteiger charge is 2.30. The Morgan fingerprint density at radius 2 is 1.69 bits per heavy atom. The van der Waals surface area contributed by atoms with Gasteiger partial charge in [-0.25, -0.2) is 4.68 Å². The number of carbonyl (C=O) groups is 1. The number of hydrogen-bond donors (Lipinski definition) is 2. The number of nitrogens with one attached hydrogen (secondary N) is 1. The summed E-state index contributed by atoms with van der Waals surface area (Å²) in [5.41, 5.74) is 6.06. The van der Waals surface area contributed by atoms with Crippen LogP contribution < -0.4 is 11.1 Å². The summed E-state index contributed by atoms with van der Waals surface area (Å²) in [7, 11) is 0. The van der Waals surface area contributed by atoms with Crippen LogP contribution >= 0.6 is 0 Å². The monoisotopic (exact) mass is 396 g/mol. The van der Waals surface area contributed by atoms with Gasteiger partial charge in [-0.3, -0.25) is 4.79 Å². The first-order chi connectivity index (χ1) is 13.8. The zero-order valence-corrected chi connectivity index (χ0v) is 14.9. The summed E-state index contributed by atoms with van der Waals surface area (Å²) in [6, 6.07) is 17.2. The molecule has 4 rings (SSSR count). The third-order valence-electron chi connectivity index (χ3n) is 4.43.